The first-order valence-corrected chi connectivity index (χ1v) is 4.20. The molecule has 2 atom stereocenters. The van der Waals surface area contributed by atoms with Crippen LogP contribution in [0.2, 0.25) is 0 Å². The van der Waals surface area contributed by atoms with Gasteiger partial charge in [0.25, 0.3) is 0 Å². The van der Waals surface area contributed by atoms with Gasteiger partial charge < -0.3 is 15.5 Å². The standard InChI is InChI=1S/C8H17NO2/c1-9-8(6-10)4-2-3-7(11)5-8/h7,9-11H,2-6H2,1H3. The van der Waals surface area contributed by atoms with Gasteiger partial charge >= 0.3 is 0 Å². The van der Waals surface area contributed by atoms with Crippen LogP contribution in [-0.2, 0) is 0 Å². The van der Waals surface area contributed by atoms with E-state index in [4.69, 9.17) is 5.11 Å². The third-order valence-corrected chi connectivity index (χ3v) is 2.65. The summed E-state index contributed by atoms with van der Waals surface area (Å²) >= 11 is 0. The molecule has 0 aromatic rings. The van der Waals surface area contributed by atoms with Crippen molar-refractivity contribution in [2.75, 3.05) is 13.7 Å². The normalized spacial score (nSPS) is 39.0. The first kappa shape index (κ1) is 8.97. The molecule has 0 aromatic carbocycles. The molecule has 0 spiro atoms. The second-order valence-electron chi connectivity index (χ2n) is 3.44. The van der Waals surface area contributed by atoms with Gasteiger partial charge in [-0.25, -0.2) is 0 Å². The fourth-order valence-corrected chi connectivity index (χ4v) is 1.78. The lowest BCUT2D eigenvalue weighted by Gasteiger charge is -2.37. The lowest BCUT2D eigenvalue weighted by atomic mass is 9.81. The minimum atomic E-state index is -0.233. The maximum atomic E-state index is 9.36. The SMILES string of the molecule is CNC1(CO)CCCC(O)C1. The highest BCUT2D eigenvalue weighted by Crippen LogP contribution is 2.27. The van der Waals surface area contributed by atoms with Crippen molar-refractivity contribution >= 4 is 0 Å². The number of aliphatic hydroxyl groups excluding tert-OH is 2. The highest BCUT2D eigenvalue weighted by Gasteiger charge is 2.33. The Morgan fingerprint density at radius 2 is 2.36 bits per heavy atom. The van der Waals surface area contributed by atoms with Crippen LogP contribution in [0.3, 0.4) is 0 Å². The molecule has 1 saturated carbocycles. The maximum absolute atomic E-state index is 9.36. The summed E-state index contributed by atoms with van der Waals surface area (Å²) in [6, 6.07) is 0. The summed E-state index contributed by atoms with van der Waals surface area (Å²) in [5.74, 6) is 0. The largest absolute Gasteiger partial charge is 0.394 e. The van der Waals surface area contributed by atoms with E-state index in [9.17, 15) is 5.11 Å². The highest BCUT2D eigenvalue weighted by atomic mass is 16.3. The number of likely N-dealkylation sites (N-methyl/N-ethyl adjacent to an activating group) is 1. The Balaban J connectivity index is 2.52. The molecular formula is C8H17NO2. The van der Waals surface area contributed by atoms with Crippen molar-refractivity contribution < 1.29 is 10.2 Å². The van der Waals surface area contributed by atoms with Crippen LogP contribution in [0, 0.1) is 0 Å². The lowest BCUT2D eigenvalue weighted by molar-refractivity contribution is 0.0422. The van der Waals surface area contributed by atoms with Crippen LogP contribution in [-0.4, -0.2) is 35.5 Å². The van der Waals surface area contributed by atoms with Crippen LogP contribution in [0.4, 0.5) is 0 Å². The van der Waals surface area contributed by atoms with Crippen molar-refractivity contribution in [2.24, 2.45) is 0 Å². The summed E-state index contributed by atoms with van der Waals surface area (Å²) < 4.78 is 0. The number of nitrogens with one attached hydrogen (secondary N) is 1. The van der Waals surface area contributed by atoms with E-state index in [1.54, 1.807) is 0 Å². The third kappa shape index (κ3) is 1.92. The Morgan fingerprint density at radius 1 is 1.64 bits per heavy atom. The van der Waals surface area contributed by atoms with Crippen molar-refractivity contribution in [1.29, 1.82) is 0 Å². The van der Waals surface area contributed by atoms with Crippen molar-refractivity contribution in [3.05, 3.63) is 0 Å². The topological polar surface area (TPSA) is 52.5 Å². The Hall–Kier alpha value is -0.120. The van der Waals surface area contributed by atoms with E-state index in [1.165, 1.54) is 0 Å². The summed E-state index contributed by atoms with van der Waals surface area (Å²) in [6.45, 7) is 0.126. The molecule has 0 amide bonds. The van der Waals surface area contributed by atoms with Crippen molar-refractivity contribution in [1.82, 2.24) is 5.32 Å². The molecule has 1 aliphatic carbocycles. The summed E-state index contributed by atoms with van der Waals surface area (Å²) in [5, 5.41) is 21.5. The molecule has 0 bridgehead atoms. The van der Waals surface area contributed by atoms with E-state index >= 15 is 0 Å². The zero-order chi connectivity index (χ0) is 8.32. The Morgan fingerprint density at radius 3 is 2.73 bits per heavy atom. The van der Waals surface area contributed by atoms with E-state index < -0.39 is 0 Å². The van der Waals surface area contributed by atoms with Crippen LogP contribution in [0.15, 0.2) is 0 Å². The van der Waals surface area contributed by atoms with Gasteiger partial charge in [-0.1, -0.05) is 0 Å². The van der Waals surface area contributed by atoms with Crippen LogP contribution in [0.5, 0.6) is 0 Å². The molecule has 1 fully saturated rings. The molecule has 0 radical (unpaired) electrons. The second-order valence-corrected chi connectivity index (χ2v) is 3.44. The van der Waals surface area contributed by atoms with Gasteiger partial charge in [0.15, 0.2) is 0 Å². The molecule has 11 heavy (non-hydrogen) atoms. The van der Waals surface area contributed by atoms with Gasteiger partial charge in [-0.15, -0.1) is 0 Å². The summed E-state index contributed by atoms with van der Waals surface area (Å²) in [5.41, 5.74) is -0.211. The minimum Gasteiger partial charge on any atom is -0.394 e. The Kier molecular flexibility index (Phi) is 2.87. The second kappa shape index (κ2) is 3.52. The van der Waals surface area contributed by atoms with Crippen LogP contribution >= 0.6 is 0 Å². The van der Waals surface area contributed by atoms with E-state index in [0.29, 0.717) is 6.42 Å². The van der Waals surface area contributed by atoms with E-state index in [0.717, 1.165) is 19.3 Å². The summed E-state index contributed by atoms with van der Waals surface area (Å²) in [4.78, 5) is 0. The highest BCUT2D eigenvalue weighted by molar-refractivity contribution is 4.92. The number of rotatable bonds is 2. The molecule has 1 aliphatic rings. The fraction of sp³-hybridized carbons (Fsp3) is 1.00. The molecule has 0 aromatic heterocycles. The van der Waals surface area contributed by atoms with Crippen molar-refractivity contribution in [2.45, 2.75) is 37.3 Å². The first-order valence-electron chi connectivity index (χ1n) is 4.20. The molecule has 1 rings (SSSR count). The maximum Gasteiger partial charge on any atom is 0.0614 e. The average Bonchev–Trinajstić information content (AvgIpc) is 2.04. The van der Waals surface area contributed by atoms with Crippen LogP contribution in [0.1, 0.15) is 25.7 Å². The molecule has 0 heterocycles. The van der Waals surface area contributed by atoms with Gasteiger partial charge in [-0.05, 0) is 32.7 Å². The third-order valence-electron chi connectivity index (χ3n) is 2.65. The van der Waals surface area contributed by atoms with Gasteiger partial charge in [0, 0.05) is 5.54 Å². The van der Waals surface area contributed by atoms with Crippen molar-refractivity contribution in [3.8, 4) is 0 Å². The Labute approximate surface area is 67.4 Å². The molecule has 66 valence electrons. The number of hydrogen-bond donors (Lipinski definition) is 3. The van der Waals surface area contributed by atoms with Gasteiger partial charge in [-0.3, -0.25) is 0 Å². The van der Waals surface area contributed by atoms with Gasteiger partial charge in [-0.2, -0.15) is 0 Å². The molecule has 3 N–H and O–H groups in total. The van der Waals surface area contributed by atoms with E-state index in [2.05, 4.69) is 5.32 Å². The summed E-state index contributed by atoms with van der Waals surface area (Å²) in [7, 11) is 1.84. The van der Waals surface area contributed by atoms with Crippen LogP contribution < -0.4 is 5.32 Å². The summed E-state index contributed by atoms with van der Waals surface area (Å²) in [6.07, 6.45) is 3.30. The molecule has 3 heteroatoms. The predicted molar refractivity (Wildman–Crippen MR) is 43.4 cm³/mol. The average molecular weight is 159 g/mol. The quantitative estimate of drug-likeness (QED) is 0.526. The van der Waals surface area contributed by atoms with E-state index in [-0.39, 0.29) is 18.2 Å². The molecule has 2 unspecified atom stereocenters. The van der Waals surface area contributed by atoms with Gasteiger partial charge in [0.1, 0.15) is 0 Å². The smallest absolute Gasteiger partial charge is 0.0614 e. The van der Waals surface area contributed by atoms with Crippen molar-refractivity contribution in [3.63, 3.8) is 0 Å². The number of hydrogen-bond acceptors (Lipinski definition) is 3. The fourth-order valence-electron chi connectivity index (χ4n) is 1.78. The zero-order valence-corrected chi connectivity index (χ0v) is 7.01. The molecular weight excluding hydrogens is 142 g/mol. The zero-order valence-electron chi connectivity index (χ0n) is 7.01. The van der Waals surface area contributed by atoms with Gasteiger partial charge in [0.05, 0.1) is 12.7 Å². The van der Waals surface area contributed by atoms with Gasteiger partial charge in [0.2, 0.25) is 0 Å². The Bertz CT molecular complexity index is 123. The molecule has 0 saturated heterocycles. The molecule has 0 aliphatic heterocycles. The number of aliphatic hydroxyl groups is 2. The molecule has 3 nitrogen and oxygen atoms in total. The van der Waals surface area contributed by atoms with E-state index in [1.807, 2.05) is 7.05 Å². The minimum absolute atomic E-state index is 0.126. The van der Waals surface area contributed by atoms with Crippen LogP contribution in [0.25, 0.3) is 0 Å². The monoisotopic (exact) mass is 159 g/mol. The predicted octanol–water partition coefficient (Wildman–Crippen LogP) is -0.128. The lowest BCUT2D eigenvalue weighted by Crippen LogP contribution is -2.51. The first-order chi connectivity index (χ1) is 5.22.